The first-order chi connectivity index (χ1) is 9.49. The molecule has 2 fully saturated rings. The van der Waals surface area contributed by atoms with Crippen molar-refractivity contribution in [1.82, 2.24) is 0 Å². The Morgan fingerprint density at radius 3 is 2.40 bits per heavy atom. The van der Waals surface area contributed by atoms with E-state index in [9.17, 15) is 13.5 Å². The first kappa shape index (κ1) is 12.6. The summed E-state index contributed by atoms with van der Waals surface area (Å²) < 4.78 is 24.3. The number of hydrogen-bond acceptors (Lipinski definition) is 3. The van der Waals surface area contributed by atoms with Crippen LogP contribution in [0.2, 0.25) is 0 Å². The van der Waals surface area contributed by atoms with Crippen molar-refractivity contribution in [3.8, 4) is 0 Å². The highest BCUT2D eigenvalue weighted by Crippen LogP contribution is 2.48. The zero-order valence-electron chi connectivity index (χ0n) is 11.2. The van der Waals surface area contributed by atoms with Crippen LogP contribution in [0.1, 0.15) is 36.8 Å². The molecule has 4 heteroatoms. The molecule has 2 unspecified atom stereocenters. The molecule has 0 amide bonds. The van der Waals surface area contributed by atoms with Crippen molar-refractivity contribution < 1.29 is 13.5 Å². The maximum atomic E-state index is 12.2. The van der Waals surface area contributed by atoms with Gasteiger partial charge in [-0.1, -0.05) is 30.3 Å². The van der Waals surface area contributed by atoms with Crippen LogP contribution < -0.4 is 0 Å². The van der Waals surface area contributed by atoms with E-state index in [0.717, 1.165) is 30.4 Å². The van der Waals surface area contributed by atoms with Crippen molar-refractivity contribution in [3.63, 3.8) is 0 Å². The van der Waals surface area contributed by atoms with E-state index < -0.39 is 15.4 Å². The Hall–Kier alpha value is -1.13. The molecular formula is C16H18O3S. The number of fused-ring (bicyclic) bond motifs is 3. The van der Waals surface area contributed by atoms with Crippen molar-refractivity contribution in [2.75, 3.05) is 0 Å². The summed E-state index contributed by atoms with van der Waals surface area (Å²) in [5.41, 5.74) is 2.48. The summed E-state index contributed by atoms with van der Waals surface area (Å²) in [4.78, 5) is 0. The van der Waals surface area contributed by atoms with Crippen molar-refractivity contribution in [2.45, 2.75) is 48.2 Å². The molecule has 1 aromatic carbocycles. The minimum Gasteiger partial charge on any atom is -0.385 e. The van der Waals surface area contributed by atoms with Crippen LogP contribution in [-0.2, 0) is 16.3 Å². The van der Waals surface area contributed by atoms with Crippen LogP contribution >= 0.6 is 0 Å². The van der Waals surface area contributed by atoms with Gasteiger partial charge < -0.3 is 5.11 Å². The van der Waals surface area contributed by atoms with E-state index in [1.54, 1.807) is 0 Å². The fraction of sp³-hybridized carbons (Fsp3) is 0.500. The maximum absolute atomic E-state index is 12.2. The quantitative estimate of drug-likeness (QED) is 0.861. The Bertz CT molecular complexity index is 682. The van der Waals surface area contributed by atoms with Gasteiger partial charge in [0.2, 0.25) is 0 Å². The maximum Gasteiger partial charge on any atom is 0.156 e. The SMILES string of the molecule is O=S1(=O)C2CCC1CC(O)(C1=Cc3ccccc3C1)C2. The van der Waals surface area contributed by atoms with Crippen LogP contribution in [0.15, 0.2) is 29.8 Å². The van der Waals surface area contributed by atoms with Crippen LogP contribution in [0, 0.1) is 0 Å². The van der Waals surface area contributed by atoms with Gasteiger partial charge in [0, 0.05) is 0 Å². The molecule has 2 heterocycles. The number of aliphatic hydroxyl groups is 1. The Labute approximate surface area is 119 Å². The molecule has 3 aliphatic rings. The summed E-state index contributed by atoms with van der Waals surface area (Å²) in [5, 5.41) is 10.3. The molecule has 1 aromatic rings. The second-order valence-corrected chi connectivity index (χ2v) is 8.91. The topological polar surface area (TPSA) is 54.4 Å². The second-order valence-electron chi connectivity index (χ2n) is 6.40. The summed E-state index contributed by atoms with van der Waals surface area (Å²) in [7, 11) is -2.98. The Balaban J connectivity index is 1.68. The number of sulfone groups is 1. The van der Waals surface area contributed by atoms with Crippen molar-refractivity contribution in [3.05, 3.63) is 41.0 Å². The van der Waals surface area contributed by atoms with E-state index in [2.05, 4.69) is 18.2 Å². The molecule has 1 aliphatic carbocycles. The largest absolute Gasteiger partial charge is 0.385 e. The van der Waals surface area contributed by atoms with Crippen LogP contribution in [0.5, 0.6) is 0 Å². The molecule has 2 atom stereocenters. The molecule has 0 saturated carbocycles. The first-order valence-electron chi connectivity index (χ1n) is 7.23. The average molecular weight is 290 g/mol. The van der Waals surface area contributed by atoms with Gasteiger partial charge in [0.05, 0.1) is 16.1 Å². The van der Waals surface area contributed by atoms with E-state index in [1.807, 2.05) is 12.1 Å². The molecular weight excluding hydrogens is 272 g/mol. The molecule has 3 nitrogen and oxygen atoms in total. The zero-order valence-corrected chi connectivity index (χ0v) is 12.1. The first-order valence-corrected chi connectivity index (χ1v) is 8.84. The van der Waals surface area contributed by atoms with Crippen LogP contribution in [0.3, 0.4) is 0 Å². The predicted molar refractivity (Wildman–Crippen MR) is 78.0 cm³/mol. The fourth-order valence-electron chi connectivity index (χ4n) is 4.09. The highest BCUT2D eigenvalue weighted by molar-refractivity contribution is 7.93. The molecule has 2 bridgehead atoms. The lowest BCUT2D eigenvalue weighted by molar-refractivity contribution is 0.0578. The lowest BCUT2D eigenvalue weighted by Gasteiger charge is -2.37. The summed E-state index contributed by atoms with van der Waals surface area (Å²) in [6, 6.07) is 8.14. The molecule has 4 rings (SSSR count). The van der Waals surface area contributed by atoms with Gasteiger partial charge in [-0.25, -0.2) is 8.42 Å². The van der Waals surface area contributed by atoms with E-state index in [-0.39, 0.29) is 10.5 Å². The number of rotatable bonds is 1. The lowest BCUT2D eigenvalue weighted by atomic mass is 9.84. The third-order valence-corrected chi connectivity index (χ3v) is 7.90. The van der Waals surface area contributed by atoms with Gasteiger partial charge >= 0.3 is 0 Å². The smallest absolute Gasteiger partial charge is 0.156 e. The molecule has 106 valence electrons. The van der Waals surface area contributed by atoms with Gasteiger partial charge in [-0.2, -0.15) is 0 Å². The summed E-state index contributed by atoms with van der Waals surface area (Å²) in [6.07, 6.45) is 5.02. The summed E-state index contributed by atoms with van der Waals surface area (Å²) in [6.45, 7) is 0. The summed E-state index contributed by atoms with van der Waals surface area (Å²) in [5.74, 6) is 0. The molecule has 1 N–H and O–H groups in total. The van der Waals surface area contributed by atoms with Gasteiger partial charge in [0.25, 0.3) is 0 Å². The standard InChI is InChI=1S/C16H18O3S/c17-16(9-14-5-6-15(10-16)20(14,18)19)13-7-11-3-1-2-4-12(11)8-13/h1-4,7,14-15,17H,5-6,8-10H2. The molecule has 0 spiro atoms. The van der Waals surface area contributed by atoms with Crippen molar-refractivity contribution >= 4 is 15.9 Å². The molecule has 2 aliphatic heterocycles. The van der Waals surface area contributed by atoms with Gasteiger partial charge in [-0.05, 0) is 48.8 Å². The minimum absolute atomic E-state index is 0.337. The number of benzene rings is 1. The second kappa shape index (κ2) is 3.95. The molecule has 2 saturated heterocycles. The van der Waals surface area contributed by atoms with Crippen molar-refractivity contribution in [1.29, 1.82) is 0 Å². The average Bonchev–Trinajstić information content (AvgIpc) is 2.88. The molecule has 20 heavy (non-hydrogen) atoms. The molecule has 0 aromatic heterocycles. The Kier molecular flexibility index (Phi) is 2.49. The highest BCUT2D eigenvalue weighted by Gasteiger charge is 2.53. The lowest BCUT2D eigenvalue weighted by Crippen LogP contribution is -2.46. The van der Waals surface area contributed by atoms with Gasteiger partial charge in [0.15, 0.2) is 9.84 Å². The zero-order chi connectivity index (χ0) is 14.0. The van der Waals surface area contributed by atoms with Crippen LogP contribution in [-0.4, -0.2) is 29.6 Å². The van der Waals surface area contributed by atoms with Crippen molar-refractivity contribution in [2.24, 2.45) is 0 Å². The minimum atomic E-state index is -2.98. The van der Waals surface area contributed by atoms with E-state index >= 15 is 0 Å². The monoisotopic (exact) mass is 290 g/mol. The van der Waals surface area contributed by atoms with E-state index in [1.165, 1.54) is 5.56 Å². The van der Waals surface area contributed by atoms with Crippen LogP contribution in [0.4, 0.5) is 0 Å². The third-order valence-electron chi connectivity index (χ3n) is 5.23. The Morgan fingerprint density at radius 2 is 1.75 bits per heavy atom. The van der Waals surface area contributed by atoms with Gasteiger partial charge in [0.1, 0.15) is 0 Å². The third kappa shape index (κ3) is 1.64. The normalized spacial score (nSPS) is 37.5. The van der Waals surface area contributed by atoms with Gasteiger partial charge in [-0.15, -0.1) is 0 Å². The highest BCUT2D eigenvalue weighted by atomic mass is 32.2. The fourth-order valence-corrected chi connectivity index (χ4v) is 6.58. The summed E-state index contributed by atoms with van der Waals surface area (Å²) >= 11 is 0. The van der Waals surface area contributed by atoms with E-state index in [0.29, 0.717) is 12.8 Å². The predicted octanol–water partition coefficient (Wildman–Crippen LogP) is 2.10. The van der Waals surface area contributed by atoms with Gasteiger partial charge in [-0.3, -0.25) is 0 Å². The van der Waals surface area contributed by atoms with E-state index in [4.69, 9.17) is 0 Å². The van der Waals surface area contributed by atoms with Crippen LogP contribution in [0.25, 0.3) is 6.08 Å². The number of hydrogen-bond donors (Lipinski definition) is 1. The molecule has 0 radical (unpaired) electrons. The Morgan fingerprint density at radius 1 is 1.10 bits per heavy atom.